The molecule has 3 saturated heterocycles. The van der Waals surface area contributed by atoms with Crippen molar-refractivity contribution in [3.63, 3.8) is 0 Å². The predicted molar refractivity (Wildman–Crippen MR) is 605 cm³/mol. The minimum absolute atomic E-state index is 0. The van der Waals surface area contributed by atoms with Gasteiger partial charge in [-0.1, -0.05) is 385 Å². The summed E-state index contributed by atoms with van der Waals surface area (Å²) in [6, 6.07) is 121. The number of ether oxygens (including phenoxy) is 6. The molecular weight excluding hydrogens is 1940 g/mol. The van der Waals surface area contributed by atoms with E-state index in [0.717, 1.165) is 188 Å². The number of nitrogens with zero attached hydrogens (tertiary/aromatic N) is 8. The van der Waals surface area contributed by atoms with Crippen LogP contribution in [0.3, 0.4) is 0 Å². The van der Waals surface area contributed by atoms with Crippen molar-refractivity contribution in [2.75, 3.05) is 79.3 Å². The van der Waals surface area contributed by atoms with Crippen LogP contribution in [0.2, 0.25) is 0 Å². The molecule has 0 amide bonds. The zero-order valence-electron chi connectivity index (χ0n) is 92.4. The monoisotopic (exact) mass is 2100 g/mol. The molecule has 0 N–H and O–H groups in total. The van der Waals surface area contributed by atoms with Gasteiger partial charge in [-0.3, -0.25) is 39.5 Å². The largest absolute Gasteiger partial charge is 3.00 e. The maximum atomic E-state index is 11.8. The van der Waals surface area contributed by atoms with Gasteiger partial charge >= 0.3 is 34.1 Å². The van der Waals surface area contributed by atoms with E-state index in [1.54, 1.807) is 0 Å². The fourth-order valence-corrected chi connectivity index (χ4v) is 18.9. The summed E-state index contributed by atoms with van der Waals surface area (Å²) in [7, 11) is 0. The summed E-state index contributed by atoms with van der Waals surface area (Å²) in [6.45, 7) is 58.1. The van der Waals surface area contributed by atoms with Crippen LogP contribution in [0.5, 0.6) is 23.0 Å². The Balaban J connectivity index is 0.000000193. The minimum atomic E-state index is -1.22. The Kier molecular flexibility index (Phi) is 49.1. The molecule has 9 heterocycles. The van der Waals surface area contributed by atoms with E-state index in [4.69, 9.17) is 48.4 Å². The molecule has 4 aromatic heterocycles. The molecule has 792 valence electrons. The number of hydrogen-bond acceptors (Lipinski definition) is 18. The van der Waals surface area contributed by atoms with Crippen molar-refractivity contribution in [2.45, 2.75) is 237 Å². The summed E-state index contributed by atoms with van der Waals surface area (Å²) in [5.41, 5.74) is 22.2. The molecule has 3 fully saturated rings. The Morgan fingerprint density at radius 3 is 0.480 bits per heavy atom. The first-order chi connectivity index (χ1) is 70.9. The van der Waals surface area contributed by atoms with Crippen molar-refractivity contribution in [2.24, 2.45) is 0 Å². The van der Waals surface area contributed by atoms with Crippen LogP contribution in [-0.4, -0.2) is 155 Å². The molecule has 0 unspecified atom stereocenters. The van der Waals surface area contributed by atoms with Crippen molar-refractivity contribution >= 4 is 56.0 Å². The molecule has 5 aliphatic rings. The van der Waals surface area contributed by atoms with E-state index in [9.17, 15) is 20.4 Å². The third-order valence-electron chi connectivity index (χ3n) is 27.4. The summed E-state index contributed by atoms with van der Waals surface area (Å²) in [6.07, 6.45) is -2.43. The average Bonchev–Trinajstić information content (AvgIpc) is 0.737. The maximum Gasteiger partial charge on any atom is 3.00 e. The quantitative estimate of drug-likeness (QED) is 0.104. The molecule has 10 aromatic carbocycles. The van der Waals surface area contributed by atoms with Gasteiger partial charge < -0.3 is 48.8 Å². The molecule has 19 rings (SSSR count). The summed E-state index contributed by atoms with van der Waals surface area (Å²) >= 11 is 0. The van der Waals surface area contributed by atoms with Crippen molar-refractivity contribution in [1.29, 1.82) is 0 Å². The average molecular weight is 2100 g/mol. The Morgan fingerprint density at radius 1 is 0.213 bits per heavy atom. The second-order valence-electron chi connectivity index (χ2n) is 43.9. The van der Waals surface area contributed by atoms with Crippen LogP contribution in [0.4, 0.5) is 0 Å². The van der Waals surface area contributed by atoms with Crippen LogP contribution in [0, 0.1) is 0 Å². The molecule has 0 spiro atoms. The Bertz CT molecular complexity index is 5260. The SMILES string of the molecule is C1COCCO1.C1COCCO1.C1COCCO1.CC(C)(C)c1cc([O-])c([O-])c(C(C)(C)C)c1.CC(C)(C)c1cc([O-])c([O-])c(C(C)(C)C)c1.CC(C)N1Cc2cccc(n2)CN(C(C)C)Cc2cccc(n2)C1.CC(C)N1Cc2cccc(n2)CN(C(C)C)Cc2cccc(n2)C1.[Mn+3].[Mn+3].c1ccc([B-](c2ccccc2)(c2ccccc2)c2ccccc2)cc1.c1ccc([B-](c2ccccc2)(c2ccccc2)c2ccccc2)cc1. The van der Waals surface area contributed by atoms with Gasteiger partial charge in [0.1, 0.15) is 12.3 Å². The zero-order chi connectivity index (χ0) is 106. The van der Waals surface area contributed by atoms with Crippen LogP contribution in [-0.2, 0) is 137 Å². The summed E-state index contributed by atoms with van der Waals surface area (Å²) in [5.74, 6) is -1.50. The van der Waals surface area contributed by atoms with E-state index >= 15 is 0 Å². The number of benzene rings is 10. The van der Waals surface area contributed by atoms with Gasteiger partial charge in [0.15, 0.2) is 0 Å². The fourth-order valence-electron chi connectivity index (χ4n) is 18.9. The molecule has 8 bridgehead atoms. The smallest absolute Gasteiger partial charge is 0.873 e. The van der Waals surface area contributed by atoms with Gasteiger partial charge in [0.2, 0.25) is 0 Å². The fraction of sp³-hybridized carbons (Fsp3) is 0.375. The van der Waals surface area contributed by atoms with E-state index in [2.05, 4.69) is 390 Å². The van der Waals surface area contributed by atoms with Gasteiger partial charge in [-0.05, 0) is 137 Å². The van der Waals surface area contributed by atoms with Gasteiger partial charge in [-0.25, -0.2) is 0 Å². The first-order valence-electron chi connectivity index (χ1n) is 53.0. The normalized spacial score (nSPS) is 14.8. The second kappa shape index (κ2) is 60.3. The van der Waals surface area contributed by atoms with Crippen molar-refractivity contribution in [3.8, 4) is 23.0 Å². The third-order valence-corrected chi connectivity index (χ3v) is 27.4. The van der Waals surface area contributed by atoms with E-state index in [1.807, 2.05) is 95.2 Å². The number of hydrogen-bond donors (Lipinski definition) is 0. The Hall–Kier alpha value is -11.2. The van der Waals surface area contributed by atoms with Gasteiger partial charge in [-0.2, -0.15) is 43.7 Å². The number of rotatable bonds is 12. The number of fused-ring (bicyclic) bond motifs is 8. The van der Waals surface area contributed by atoms with Crippen LogP contribution in [0.1, 0.15) is 206 Å². The van der Waals surface area contributed by atoms with Crippen LogP contribution < -0.4 is 64.1 Å². The van der Waals surface area contributed by atoms with Crippen molar-refractivity contribution in [1.82, 2.24) is 39.5 Å². The molecule has 0 saturated carbocycles. The number of pyridine rings is 4. The van der Waals surface area contributed by atoms with E-state index < -0.39 is 23.8 Å². The molecule has 0 atom stereocenters. The number of aromatic nitrogens is 4. The first kappa shape index (κ1) is 122. The molecule has 22 heteroatoms. The minimum Gasteiger partial charge on any atom is -0.873 e. The van der Waals surface area contributed by atoms with Crippen LogP contribution in [0.15, 0.2) is 340 Å². The predicted octanol–water partition coefficient (Wildman–Crippen LogP) is 18.3. The molecule has 0 aliphatic carbocycles. The summed E-state index contributed by atoms with van der Waals surface area (Å²) in [5, 5.41) is 46.8. The van der Waals surface area contributed by atoms with Crippen molar-refractivity contribution < 1.29 is 83.0 Å². The van der Waals surface area contributed by atoms with Crippen LogP contribution >= 0.6 is 0 Å². The zero-order valence-corrected chi connectivity index (χ0v) is 94.7. The molecule has 150 heavy (non-hydrogen) atoms. The molecule has 14 aromatic rings. The van der Waals surface area contributed by atoms with E-state index in [1.165, 1.54) is 55.8 Å². The summed E-state index contributed by atoms with van der Waals surface area (Å²) in [4.78, 5) is 29.3. The van der Waals surface area contributed by atoms with Crippen LogP contribution in [0.25, 0.3) is 0 Å². The molecular formula is C128H160B2Mn2N8O10. The Morgan fingerprint density at radius 2 is 0.360 bits per heavy atom. The van der Waals surface area contributed by atoms with Gasteiger partial charge in [0.25, 0.3) is 0 Å². The Labute approximate surface area is 918 Å². The topological polar surface area (TPSA) is 212 Å². The van der Waals surface area contributed by atoms with E-state index in [0.29, 0.717) is 35.3 Å². The van der Waals surface area contributed by atoms with Gasteiger partial charge in [0.05, 0.1) is 125 Å². The standard InChI is InChI=1S/2C24H20B.2C20H28N4.2C14H22O2.3C4H8O2.2Mn/c2*1-5-13-21(14-6-1)25(22-15-7-2-8-16-22,23-17-9-3-10-18-23)24-19-11-4-12-20-24;2*1-15(2)23-11-17-7-5-9-19(21-17)13-24(16(3)4)14-20-10-6-8-18(12-23)22-20;2*1-13(2,3)9-7-10(14(4,5)6)12(16)11(15)8-9;3*1-2-6-4-3-5-1;;/h2*1-20H;2*5-10,15-16H,11-14H2,1-4H3;2*7-8,15-16H,1-6H3;3*1-4H2;;/q2*-1;;;;;;;;2*+3/p-4. The second-order valence-corrected chi connectivity index (χ2v) is 43.9. The van der Waals surface area contributed by atoms with Crippen molar-refractivity contribution in [3.05, 3.63) is 408 Å². The maximum absolute atomic E-state index is 11.8. The van der Waals surface area contributed by atoms with Gasteiger partial charge in [0, 0.05) is 76.5 Å². The van der Waals surface area contributed by atoms with E-state index in [-0.39, 0.29) is 67.3 Å². The third kappa shape index (κ3) is 36.5. The molecule has 0 radical (unpaired) electrons. The first-order valence-corrected chi connectivity index (χ1v) is 53.0. The van der Waals surface area contributed by atoms with Gasteiger partial charge in [-0.15, -0.1) is 23.0 Å². The molecule has 5 aliphatic heterocycles. The summed E-state index contributed by atoms with van der Waals surface area (Å²) < 4.78 is 29.7. The molecule has 18 nitrogen and oxygen atoms in total.